The number of nitrogens with one attached hydrogen (secondary N) is 2. The number of fused-ring (bicyclic) bond motifs is 1. The van der Waals surface area contributed by atoms with Crippen LogP contribution in [0.1, 0.15) is 29.7 Å². The summed E-state index contributed by atoms with van der Waals surface area (Å²) in [5, 5.41) is 11.4. The lowest BCUT2D eigenvalue weighted by Crippen LogP contribution is -2.29. The summed E-state index contributed by atoms with van der Waals surface area (Å²) in [7, 11) is 0. The third-order valence-electron chi connectivity index (χ3n) is 4.73. The van der Waals surface area contributed by atoms with Crippen LogP contribution in [-0.2, 0) is 14.4 Å². The molecule has 0 radical (unpaired) electrons. The molecular weight excluding hydrogens is 378 g/mol. The van der Waals surface area contributed by atoms with Gasteiger partial charge in [-0.05, 0) is 54.8 Å². The van der Waals surface area contributed by atoms with Gasteiger partial charge in [-0.1, -0.05) is 59.3 Å². The number of oxime groups is 1. The average molecular weight is 403 g/mol. The molecule has 6 heteroatoms. The predicted octanol–water partition coefficient (Wildman–Crippen LogP) is 4.27. The van der Waals surface area contributed by atoms with E-state index in [1.807, 2.05) is 75.4 Å². The first kappa shape index (κ1) is 21.0. The van der Waals surface area contributed by atoms with Crippen LogP contribution in [0.2, 0.25) is 0 Å². The Labute approximate surface area is 175 Å². The van der Waals surface area contributed by atoms with E-state index < -0.39 is 5.91 Å². The van der Waals surface area contributed by atoms with Crippen LogP contribution in [0, 0.1) is 13.8 Å². The van der Waals surface area contributed by atoms with Gasteiger partial charge in [0.25, 0.3) is 11.8 Å². The fourth-order valence-electron chi connectivity index (χ4n) is 3.14. The minimum atomic E-state index is -0.424. The van der Waals surface area contributed by atoms with E-state index in [1.165, 1.54) is 0 Å². The molecule has 0 fully saturated rings. The lowest BCUT2D eigenvalue weighted by Gasteiger charge is -2.14. The van der Waals surface area contributed by atoms with Crippen LogP contribution in [0.4, 0.5) is 5.69 Å². The Morgan fingerprint density at radius 3 is 2.57 bits per heavy atom. The Hall–Kier alpha value is -3.67. The van der Waals surface area contributed by atoms with Crippen molar-refractivity contribution in [3.05, 3.63) is 77.4 Å². The van der Waals surface area contributed by atoms with E-state index in [0.717, 1.165) is 33.7 Å². The monoisotopic (exact) mass is 403 g/mol. The maximum atomic E-state index is 12.1. The number of aryl methyl sites for hydroxylation is 2. The first-order chi connectivity index (χ1) is 14.4. The van der Waals surface area contributed by atoms with Crippen LogP contribution in [-0.4, -0.2) is 24.6 Å². The van der Waals surface area contributed by atoms with Gasteiger partial charge in [0.1, 0.15) is 6.21 Å². The van der Waals surface area contributed by atoms with Crippen molar-refractivity contribution in [3.8, 4) is 0 Å². The summed E-state index contributed by atoms with van der Waals surface area (Å²) in [5.74, 6) is -0.741. The first-order valence-electron chi connectivity index (χ1n) is 9.74. The highest BCUT2D eigenvalue weighted by atomic mass is 16.6. The molecule has 0 aliphatic heterocycles. The Bertz CT molecular complexity index is 1090. The number of benzene rings is 3. The smallest absolute Gasteiger partial charge is 0.270 e. The summed E-state index contributed by atoms with van der Waals surface area (Å²) < 4.78 is 0. The van der Waals surface area contributed by atoms with Gasteiger partial charge in [0.2, 0.25) is 0 Å². The molecule has 6 nitrogen and oxygen atoms in total. The quantitative estimate of drug-likeness (QED) is 0.457. The molecule has 3 rings (SSSR count). The number of carbonyl (C=O) groups is 2. The molecule has 0 saturated heterocycles. The van der Waals surface area contributed by atoms with Gasteiger partial charge in [-0.15, -0.1) is 0 Å². The molecule has 0 unspecified atom stereocenters. The Morgan fingerprint density at radius 2 is 1.80 bits per heavy atom. The molecule has 0 heterocycles. The van der Waals surface area contributed by atoms with Crippen molar-refractivity contribution in [3.63, 3.8) is 0 Å². The van der Waals surface area contributed by atoms with E-state index in [2.05, 4.69) is 21.9 Å². The van der Waals surface area contributed by atoms with E-state index in [0.29, 0.717) is 5.69 Å². The fraction of sp³-hybridized carbons (Fsp3) is 0.208. The molecule has 30 heavy (non-hydrogen) atoms. The van der Waals surface area contributed by atoms with Crippen LogP contribution < -0.4 is 10.6 Å². The van der Waals surface area contributed by atoms with Crippen molar-refractivity contribution >= 4 is 34.5 Å². The van der Waals surface area contributed by atoms with Crippen molar-refractivity contribution in [2.75, 3.05) is 11.9 Å². The van der Waals surface area contributed by atoms with Crippen LogP contribution in [0.15, 0.2) is 65.8 Å². The van der Waals surface area contributed by atoms with E-state index in [9.17, 15) is 9.59 Å². The number of hydrogen-bond donors (Lipinski definition) is 2. The van der Waals surface area contributed by atoms with Crippen molar-refractivity contribution in [2.24, 2.45) is 5.16 Å². The minimum absolute atomic E-state index is 0.178. The highest BCUT2D eigenvalue weighted by Crippen LogP contribution is 2.20. The number of nitrogens with zero attached hydrogens (tertiary/aromatic N) is 1. The van der Waals surface area contributed by atoms with E-state index in [-0.39, 0.29) is 18.6 Å². The van der Waals surface area contributed by atoms with Gasteiger partial charge in [0.05, 0.1) is 6.04 Å². The second-order valence-electron chi connectivity index (χ2n) is 7.21. The average Bonchev–Trinajstić information content (AvgIpc) is 2.73. The van der Waals surface area contributed by atoms with E-state index in [4.69, 9.17) is 4.84 Å². The molecule has 0 aliphatic rings. The highest BCUT2D eigenvalue weighted by Gasteiger charge is 2.10. The van der Waals surface area contributed by atoms with Gasteiger partial charge in [0.15, 0.2) is 6.61 Å². The third kappa shape index (κ3) is 5.67. The molecule has 2 N–H and O–H groups in total. The van der Waals surface area contributed by atoms with E-state index in [1.54, 1.807) is 0 Å². The zero-order chi connectivity index (χ0) is 21.5. The van der Waals surface area contributed by atoms with E-state index >= 15 is 0 Å². The number of hydrogen-bond acceptors (Lipinski definition) is 4. The van der Waals surface area contributed by atoms with Crippen LogP contribution in [0.25, 0.3) is 10.8 Å². The van der Waals surface area contributed by atoms with Gasteiger partial charge < -0.3 is 15.5 Å². The van der Waals surface area contributed by atoms with Crippen molar-refractivity contribution in [1.29, 1.82) is 0 Å². The lowest BCUT2D eigenvalue weighted by atomic mass is 10.0. The molecule has 154 valence electrons. The normalized spacial score (nSPS) is 12.0. The number of carbonyl (C=O) groups excluding carboxylic acids is 2. The van der Waals surface area contributed by atoms with Gasteiger partial charge in [0, 0.05) is 5.69 Å². The molecular formula is C24H25N3O3. The second-order valence-corrected chi connectivity index (χ2v) is 7.21. The molecule has 0 spiro atoms. The number of anilines is 1. The molecule has 2 amide bonds. The van der Waals surface area contributed by atoms with Gasteiger partial charge >= 0.3 is 0 Å². The topological polar surface area (TPSA) is 79.8 Å². The summed E-state index contributed by atoms with van der Waals surface area (Å²) in [6.07, 6.45) is 1.01. The zero-order valence-corrected chi connectivity index (χ0v) is 17.3. The number of rotatable bonds is 7. The second kappa shape index (κ2) is 9.69. The van der Waals surface area contributed by atoms with Gasteiger partial charge in [-0.3, -0.25) is 9.59 Å². The van der Waals surface area contributed by atoms with Gasteiger partial charge in [-0.25, -0.2) is 0 Å². The molecule has 3 aromatic carbocycles. The summed E-state index contributed by atoms with van der Waals surface area (Å²) in [4.78, 5) is 29.0. The third-order valence-corrected chi connectivity index (χ3v) is 4.73. The largest absolute Gasteiger partial charge is 0.386 e. The summed E-state index contributed by atoms with van der Waals surface area (Å²) in [6.45, 7) is 5.53. The maximum Gasteiger partial charge on any atom is 0.270 e. The molecule has 0 bridgehead atoms. The molecule has 0 aromatic heterocycles. The van der Waals surface area contributed by atoms with Crippen LogP contribution in [0.5, 0.6) is 0 Å². The summed E-state index contributed by atoms with van der Waals surface area (Å²) in [5.41, 5.74) is 3.78. The minimum Gasteiger partial charge on any atom is -0.386 e. The molecule has 0 saturated carbocycles. The Morgan fingerprint density at radius 1 is 1.03 bits per heavy atom. The fourth-order valence-corrected chi connectivity index (χ4v) is 3.14. The standard InChI is InChI=1S/C24H25N3O3/c1-16-8-11-22(17(2)12-16)27-23(28)14-25-30-15-24(29)26-18(3)20-10-9-19-6-4-5-7-21(19)13-20/h4-14,18H,15H2,1-3H3,(H,26,29)(H,27,28)/b25-14-/t18-/m1/s1. The Balaban J connectivity index is 1.46. The SMILES string of the molecule is Cc1ccc(NC(=O)/C=N\OCC(=O)N[C@H](C)c2ccc3ccccc3c2)c(C)c1. The van der Waals surface area contributed by atoms with Crippen molar-refractivity contribution in [1.82, 2.24) is 5.32 Å². The van der Waals surface area contributed by atoms with Gasteiger partial charge in [-0.2, -0.15) is 0 Å². The molecule has 0 aliphatic carbocycles. The lowest BCUT2D eigenvalue weighted by molar-refractivity contribution is -0.126. The zero-order valence-electron chi connectivity index (χ0n) is 17.3. The van der Waals surface area contributed by atoms with Crippen molar-refractivity contribution in [2.45, 2.75) is 26.8 Å². The summed E-state index contributed by atoms with van der Waals surface area (Å²) >= 11 is 0. The molecule has 1 atom stereocenters. The van der Waals surface area contributed by atoms with Crippen LogP contribution in [0.3, 0.4) is 0 Å². The first-order valence-corrected chi connectivity index (χ1v) is 9.74. The van der Waals surface area contributed by atoms with Crippen LogP contribution >= 0.6 is 0 Å². The number of amides is 2. The predicted molar refractivity (Wildman–Crippen MR) is 119 cm³/mol. The summed E-state index contributed by atoms with van der Waals surface area (Å²) in [6, 6.07) is 19.7. The maximum absolute atomic E-state index is 12.1. The highest BCUT2D eigenvalue weighted by molar-refractivity contribution is 6.31. The van der Waals surface area contributed by atoms with Crippen molar-refractivity contribution < 1.29 is 14.4 Å². The Kier molecular flexibility index (Phi) is 6.80. The molecule has 3 aromatic rings.